The lowest BCUT2D eigenvalue weighted by Gasteiger charge is -2.13. The van der Waals surface area contributed by atoms with Crippen molar-refractivity contribution < 1.29 is 9.47 Å². The van der Waals surface area contributed by atoms with Crippen molar-refractivity contribution in [1.29, 1.82) is 5.26 Å². The van der Waals surface area contributed by atoms with Crippen LogP contribution in [0.25, 0.3) is 22.2 Å². The van der Waals surface area contributed by atoms with Crippen molar-refractivity contribution in [2.75, 3.05) is 14.2 Å². The molecule has 0 aliphatic carbocycles. The van der Waals surface area contributed by atoms with Crippen LogP contribution in [0, 0.1) is 11.3 Å². The van der Waals surface area contributed by atoms with Gasteiger partial charge in [0.05, 0.1) is 19.6 Å². The maximum Gasteiger partial charge on any atom is 0.327 e. The molecule has 0 saturated heterocycles. The van der Waals surface area contributed by atoms with Gasteiger partial charge in [0, 0.05) is 17.2 Å². The first kappa shape index (κ1) is 16.1. The highest BCUT2D eigenvalue weighted by atomic mass is 16.5. The minimum atomic E-state index is -0.773. The lowest BCUT2D eigenvalue weighted by Crippen LogP contribution is -2.26. The van der Waals surface area contributed by atoms with Crippen molar-refractivity contribution in [2.45, 2.75) is 0 Å². The molecule has 3 N–H and O–H groups in total. The van der Waals surface area contributed by atoms with Gasteiger partial charge in [-0.2, -0.15) is 5.26 Å². The van der Waals surface area contributed by atoms with Gasteiger partial charge in [-0.15, -0.1) is 0 Å². The zero-order valence-electron chi connectivity index (χ0n) is 13.2. The standard InChI is InChI=1S/C16H12N4O5/c1-24-7-3-4-8(10(5-7)25-2)11-9(6-17)14(21)18-13-12(11)15(22)20-16(23)19-13/h3-5H,1-2H3,(H3,18,19,20,21,22,23). The van der Waals surface area contributed by atoms with Crippen LogP contribution in [0.5, 0.6) is 11.5 Å². The van der Waals surface area contributed by atoms with Gasteiger partial charge >= 0.3 is 5.69 Å². The van der Waals surface area contributed by atoms with Gasteiger partial charge in [-0.1, -0.05) is 0 Å². The van der Waals surface area contributed by atoms with E-state index in [9.17, 15) is 19.6 Å². The second-order valence-corrected chi connectivity index (χ2v) is 5.04. The zero-order valence-corrected chi connectivity index (χ0v) is 13.2. The number of rotatable bonds is 3. The maximum atomic E-state index is 12.3. The Morgan fingerprint density at radius 2 is 1.76 bits per heavy atom. The van der Waals surface area contributed by atoms with Crippen molar-refractivity contribution in [3.05, 3.63) is 55.0 Å². The molecule has 9 nitrogen and oxygen atoms in total. The minimum absolute atomic E-state index is 0.0285. The highest BCUT2D eigenvalue weighted by Crippen LogP contribution is 2.36. The summed E-state index contributed by atoms with van der Waals surface area (Å²) >= 11 is 0. The largest absolute Gasteiger partial charge is 0.497 e. The summed E-state index contributed by atoms with van der Waals surface area (Å²) in [5.41, 5.74) is -2.18. The molecule has 3 rings (SSSR count). The summed E-state index contributed by atoms with van der Waals surface area (Å²) in [5.74, 6) is 0.795. The van der Waals surface area contributed by atoms with Crippen molar-refractivity contribution in [1.82, 2.24) is 15.0 Å². The first-order valence-electron chi connectivity index (χ1n) is 7.05. The average Bonchev–Trinajstić information content (AvgIpc) is 2.59. The molecule has 2 aromatic heterocycles. The molecule has 0 atom stereocenters. The molecule has 0 amide bonds. The normalized spacial score (nSPS) is 10.4. The van der Waals surface area contributed by atoms with Crippen LogP contribution in [0.2, 0.25) is 0 Å². The number of H-pyrrole nitrogens is 3. The van der Waals surface area contributed by atoms with E-state index < -0.39 is 16.8 Å². The van der Waals surface area contributed by atoms with Crippen LogP contribution in [-0.4, -0.2) is 29.2 Å². The molecule has 126 valence electrons. The molecule has 0 saturated carbocycles. The third-order valence-electron chi connectivity index (χ3n) is 3.70. The zero-order chi connectivity index (χ0) is 18.1. The van der Waals surface area contributed by atoms with E-state index >= 15 is 0 Å². The third kappa shape index (κ3) is 2.55. The fourth-order valence-corrected chi connectivity index (χ4v) is 2.61. The van der Waals surface area contributed by atoms with Crippen LogP contribution < -0.4 is 26.3 Å². The van der Waals surface area contributed by atoms with E-state index in [1.807, 2.05) is 0 Å². The lowest BCUT2D eigenvalue weighted by molar-refractivity contribution is 0.395. The molecule has 0 radical (unpaired) electrons. The monoisotopic (exact) mass is 340 g/mol. The predicted octanol–water partition coefficient (Wildman–Crippen LogP) is 0.461. The SMILES string of the molecule is COc1ccc(-c2c(C#N)c(=O)[nH]c3[nH]c(=O)[nH]c(=O)c23)c(OC)c1. The van der Waals surface area contributed by atoms with Gasteiger partial charge in [0.25, 0.3) is 11.1 Å². The summed E-state index contributed by atoms with van der Waals surface area (Å²) in [6.45, 7) is 0. The van der Waals surface area contributed by atoms with E-state index in [-0.39, 0.29) is 22.2 Å². The lowest BCUT2D eigenvalue weighted by atomic mass is 9.97. The molecule has 0 fully saturated rings. The molecule has 0 aliphatic rings. The van der Waals surface area contributed by atoms with Gasteiger partial charge in [-0.05, 0) is 12.1 Å². The summed E-state index contributed by atoms with van der Waals surface area (Å²) in [6, 6.07) is 6.53. The number of hydrogen-bond donors (Lipinski definition) is 3. The van der Waals surface area contributed by atoms with Gasteiger partial charge in [0.2, 0.25) is 0 Å². The Morgan fingerprint density at radius 1 is 1.00 bits per heavy atom. The van der Waals surface area contributed by atoms with E-state index in [1.54, 1.807) is 24.3 Å². The third-order valence-corrected chi connectivity index (χ3v) is 3.70. The van der Waals surface area contributed by atoms with Crippen LogP contribution in [0.4, 0.5) is 0 Å². The maximum absolute atomic E-state index is 12.3. The Labute approximate surface area is 139 Å². The molecule has 0 aliphatic heterocycles. The molecule has 25 heavy (non-hydrogen) atoms. The summed E-state index contributed by atoms with van der Waals surface area (Å²) < 4.78 is 10.4. The number of pyridine rings is 1. The highest BCUT2D eigenvalue weighted by molar-refractivity contribution is 5.96. The number of benzene rings is 1. The average molecular weight is 340 g/mol. The van der Waals surface area contributed by atoms with Gasteiger partial charge in [0.1, 0.15) is 28.8 Å². The quantitative estimate of drug-likeness (QED) is 0.632. The van der Waals surface area contributed by atoms with E-state index in [4.69, 9.17) is 9.47 Å². The van der Waals surface area contributed by atoms with Gasteiger partial charge in [0.15, 0.2) is 0 Å². The number of aromatic amines is 3. The number of nitrogens with zero attached hydrogens (tertiary/aromatic N) is 1. The van der Waals surface area contributed by atoms with Crippen LogP contribution >= 0.6 is 0 Å². The Bertz CT molecular complexity index is 1200. The smallest absolute Gasteiger partial charge is 0.327 e. The van der Waals surface area contributed by atoms with Crippen molar-refractivity contribution in [2.24, 2.45) is 0 Å². The first-order valence-corrected chi connectivity index (χ1v) is 7.05. The first-order chi connectivity index (χ1) is 12.0. The Hall–Kier alpha value is -3.80. The second-order valence-electron chi connectivity index (χ2n) is 5.04. The van der Waals surface area contributed by atoms with Crippen LogP contribution in [0.15, 0.2) is 32.6 Å². The predicted molar refractivity (Wildman–Crippen MR) is 89.1 cm³/mol. The van der Waals surface area contributed by atoms with Crippen molar-refractivity contribution in [3.8, 4) is 28.7 Å². The molecule has 1 aromatic carbocycles. The van der Waals surface area contributed by atoms with Gasteiger partial charge in [-0.25, -0.2) is 4.79 Å². The van der Waals surface area contributed by atoms with Crippen LogP contribution in [0.1, 0.15) is 5.56 Å². The fraction of sp³-hybridized carbons (Fsp3) is 0.125. The summed E-state index contributed by atoms with van der Waals surface area (Å²) in [5, 5.41) is 9.38. The van der Waals surface area contributed by atoms with E-state index in [1.165, 1.54) is 14.2 Å². The fourth-order valence-electron chi connectivity index (χ4n) is 2.61. The number of nitrogens with one attached hydrogen (secondary N) is 3. The number of fused-ring (bicyclic) bond motifs is 1. The topological polar surface area (TPSA) is 141 Å². The number of nitriles is 1. The number of hydrogen-bond acceptors (Lipinski definition) is 6. The Morgan fingerprint density at radius 3 is 2.40 bits per heavy atom. The number of aromatic nitrogens is 3. The highest BCUT2D eigenvalue weighted by Gasteiger charge is 2.21. The van der Waals surface area contributed by atoms with Gasteiger partial charge < -0.3 is 14.5 Å². The summed E-state index contributed by atoms with van der Waals surface area (Å²) in [4.78, 5) is 42.8. The summed E-state index contributed by atoms with van der Waals surface area (Å²) in [7, 11) is 2.89. The van der Waals surface area contributed by atoms with Crippen LogP contribution in [-0.2, 0) is 0 Å². The molecule has 0 unspecified atom stereocenters. The Kier molecular flexibility index (Phi) is 3.86. The van der Waals surface area contributed by atoms with Gasteiger partial charge in [-0.3, -0.25) is 19.6 Å². The van der Waals surface area contributed by atoms with Crippen molar-refractivity contribution >= 4 is 11.0 Å². The minimum Gasteiger partial charge on any atom is -0.497 e. The van der Waals surface area contributed by atoms with E-state index in [2.05, 4.69) is 15.0 Å². The molecule has 0 bridgehead atoms. The Balaban J connectivity index is 2.56. The molecule has 2 heterocycles. The second kappa shape index (κ2) is 6.01. The molecular formula is C16H12N4O5. The molecule has 0 spiro atoms. The molecule has 3 aromatic rings. The van der Waals surface area contributed by atoms with Crippen molar-refractivity contribution in [3.63, 3.8) is 0 Å². The molecule has 9 heteroatoms. The molecular weight excluding hydrogens is 328 g/mol. The van der Waals surface area contributed by atoms with E-state index in [0.29, 0.717) is 17.1 Å². The number of methoxy groups -OCH3 is 2. The summed E-state index contributed by atoms with van der Waals surface area (Å²) in [6.07, 6.45) is 0. The van der Waals surface area contributed by atoms with E-state index in [0.717, 1.165) is 0 Å². The number of ether oxygens (including phenoxy) is 2. The van der Waals surface area contributed by atoms with Crippen LogP contribution in [0.3, 0.4) is 0 Å².